The molecular weight excluding hydrogens is 91.9 g/mol. The van der Waals surface area contributed by atoms with Gasteiger partial charge in [-0.3, -0.25) is 6.79 Å². The first kappa shape index (κ1) is 26.9. The average Bonchev–Trinajstić information content (AvgIpc) is 1.00. The molecule has 0 atom stereocenters. The van der Waals surface area contributed by atoms with E-state index in [1.807, 2.05) is 0 Å². The maximum atomic E-state index is 7.75. The summed E-state index contributed by atoms with van der Waals surface area (Å²) in [7, 11) is 0. The van der Waals surface area contributed by atoms with Gasteiger partial charge in [0.2, 0.25) is 0 Å². The summed E-state index contributed by atoms with van der Waals surface area (Å²) in [5, 5.41) is 0. The van der Waals surface area contributed by atoms with Gasteiger partial charge in [0.15, 0.2) is 0 Å². The molecule has 0 saturated heterocycles. The first-order valence-electron chi connectivity index (χ1n) is 0.236. The Balaban J connectivity index is -0.00000000500. The summed E-state index contributed by atoms with van der Waals surface area (Å²) in [6, 6.07) is 0. The van der Waals surface area contributed by atoms with E-state index in [1.54, 1.807) is 0 Å². The summed E-state index contributed by atoms with van der Waals surface area (Å²) in [5.41, 5.74) is 0. The molecule has 0 heterocycles. The summed E-state index contributed by atoms with van der Waals surface area (Å²) >= 11 is 0. The molecule has 0 unspecified atom stereocenters. The van der Waals surface area contributed by atoms with E-state index in [-0.39, 0.29) is 27.2 Å². The van der Waals surface area contributed by atoms with Crippen molar-refractivity contribution in [1.29, 1.82) is 0 Å². The maximum Gasteiger partial charge on any atom is 0 e. The summed E-state index contributed by atoms with van der Waals surface area (Å²) < 4.78 is 0. The van der Waals surface area contributed by atoms with Crippen LogP contribution in [0.15, 0.2) is 0 Å². The first-order chi connectivity index (χ1) is 1.00. The second-order valence-electron chi connectivity index (χ2n) is 0. The molecule has 4 heavy (non-hydrogen) atoms. The van der Waals surface area contributed by atoms with E-state index in [4.69, 9.17) is 4.79 Å². The van der Waals surface area contributed by atoms with Gasteiger partial charge in [-0.05, 0) is 0 Å². The van der Waals surface area contributed by atoms with Crippen LogP contribution in [0.2, 0.25) is 0 Å². The van der Waals surface area contributed by atoms with Crippen molar-refractivity contribution >= 4 is 6.79 Å². The van der Waals surface area contributed by atoms with E-state index in [9.17, 15) is 0 Å². The smallest absolute Gasteiger partial charge is 0 e. The SMILES string of the molecule is O.[CH-]=O.[Ti]. The van der Waals surface area contributed by atoms with Crippen LogP contribution in [0.3, 0.4) is 0 Å². The predicted octanol–water partition coefficient (Wildman–Crippen LogP) is -1.10. The molecule has 0 bridgehead atoms. The van der Waals surface area contributed by atoms with Crippen LogP contribution in [0, 0.1) is 0 Å². The van der Waals surface area contributed by atoms with Crippen molar-refractivity contribution in [2.45, 2.75) is 0 Å². The van der Waals surface area contributed by atoms with Crippen LogP contribution in [0.4, 0.5) is 0 Å². The molecule has 0 saturated carbocycles. The van der Waals surface area contributed by atoms with Gasteiger partial charge in [0.25, 0.3) is 0 Å². The largest absolute Gasteiger partial charge is 0.545 e. The predicted molar refractivity (Wildman–Crippen MR) is 10.4 cm³/mol. The molecule has 24 valence electrons. The van der Waals surface area contributed by atoms with Crippen molar-refractivity contribution in [2.24, 2.45) is 0 Å². The van der Waals surface area contributed by atoms with Crippen molar-refractivity contribution in [3.63, 3.8) is 0 Å². The normalized spacial score (nSPS) is 1.00. The Labute approximate surface area is 39.4 Å². The van der Waals surface area contributed by atoms with Gasteiger partial charge in [-0.15, -0.1) is 0 Å². The molecule has 3 heteroatoms. The summed E-state index contributed by atoms with van der Waals surface area (Å²) in [6.07, 6.45) is 0. The summed E-state index contributed by atoms with van der Waals surface area (Å²) in [5.74, 6) is 0. The van der Waals surface area contributed by atoms with Gasteiger partial charge in [-0.1, -0.05) is 0 Å². The molecule has 0 radical (unpaired) electrons. The van der Waals surface area contributed by atoms with Gasteiger partial charge in [0, 0.05) is 21.7 Å². The zero-order valence-corrected chi connectivity index (χ0v) is 3.55. The fraction of sp³-hybridized carbons (Fsp3) is 0. The quantitative estimate of drug-likeness (QED) is 0.214. The van der Waals surface area contributed by atoms with Crippen molar-refractivity contribution in [3.8, 4) is 0 Å². The summed E-state index contributed by atoms with van der Waals surface area (Å²) in [6.45, 7) is 3.25. The van der Waals surface area contributed by atoms with Crippen molar-refractivity contribution < 1.29 is 32.0 Å². The Kier molecular flexibility index (Phi) is 1040. The van der Waals surface area contributed by atoms with E-state index in [2.05, 4.69) is 6.79 Å². The Bertz CT molecular complexity index is 6.00. The molecule has 0 aliphatic rings. The topological polar surface area (TPSA) is 48.6 Å². The molecule has 0 aromatic carbocycles. The molecule has 2 N–H and O–H groups in total. The second-order valence-corrected chi connectivity index (χ2v) is 0. The fourth-order valence-corrected chi connectivity index (χ4v) is 0. The van der Waals surface area contributed by atoms with E-state index in [0.29, 0.717) is 0 Å². The van der Waals surface area contributed by atoms with Crippen LogP contribution in [0.1, 0.15) is 0 Å². The van der Waals surface area contributed by atoms with Crippen LogP contribution < -0.4 is 0 Å². The van der Waals surface area contributed by atoms with Gasteiger partial charge in [-0.2, -0.15) is 0 Å². The van der Waals surface area contributed by atoms with Crippen LogP contribution in [0.5, 0.6) is 0 Å². The van der Waals surface area contributed by atoms with Crippen molar-refractivity contribution in [1.82, 2.24) is 0 Å². The van der Waals surface area contributed by atoms with E-state index in [0.717, 1.165) is 0 Å². The second kappa shape index (κ2) is 155. The third-order valence-corrected chi connectivity index (χ3v) is 0. The third kappa shape index (κ3) is 35.7. The van der Waals surface area contributed by atoms with E-state index in [1.165, 1.54) is 0 Å². The minimum absolute atomic E-state index is 0. The van der Waals surface area contributed by atoms with Crippen LogP contribution in [-0.4, -0.2) is 12.3 Å². The Morgan fingerprint density at radius 3 is 1.25 bits per heavy atom. The molecule has 0 aromatic heterocycles. The minimum atomic E-state index is 0. The standard InChI is InChI=1S/CHO.H2O.Ti/c1-2;;/h1H;1H2;/q-1;;. The van der Waals surface area contributed by atoms with Crippen molar-refractivity contribution in [3.05, 3.63) is 0 Å². The molecule has 2 nitrogen and oxygen atoms in total. The van der Waals surface area contributed by atoms with Crippen LogP contribution in [0.25, 0.3) is 0 Å². The Morgan fingerprint density at radius 2 is 1.25 bits per heavy atom. The number of carbonyl (C=O) groups excluding carboxylic acids is 1. The molecular formula is CH3O2Ti-. The third-order valence-electron chi connectivity index (χ3n) is 0. The molecule has 0 amide bonds. The van der Waals surface area contributed by atoms with Crippen molar-refractivity contribution in [2.75, 3.05) is 0 Å². The molecule has 0 spiro atoms. The average molecular weight is 94.9 g/mol. The molecule has 0 rings (SSSR count). The molecule has 0 fully saturated rings. The van der Waals surface area contributed by atoms with Crippen LogP contribution in [-0.2, 0) is 26.5 Å². The van der Waals surface area contributed by atoms with Crippen LogP contribution >= 0.6 is 0 Å². The van der Waals surface area contributed by atoms with Gasteiger partial charge in [-0.25, -0.2) is 0 Å². The Morgan fingerprint density at radius 1 is 1.25 bits per heavy atom. The van der Waals surface area contributed by atoms with Gasteiger partial charge in [0.05, 0.1) is 0 Å². The number of rotatable bonds is 0. The monoisotopic (exact) mass is 95.0 g/mol. The van der Waals surface area contributed by atoms with Gasteiger partial charge < -0.3 is 10.3 Å². The number of hydrogen-bond donors (Lipinski definition) is 0. The first-order valence-corrected chi connectivity index (χ1v) is 0.236. The zero-order chi connectivity index (χ0) is 2.00. The zero-order valence-electron chi connectivity index (χ0n) is 1.99. The number of hydrogen-bond acceptors (Lipinski definition) is 1. The van der Waals surface area contributed by atoms with E-state index < -0.39 is 0 Å². The van der Waals surface area contributed by atoms with Gasteiger partial charge in [0.1, 0.15) is 0 Å². The minimum Gasteiger partial charge on any atom is -0.545 e. The Hall–Kier alpha value is 0.344. The molecule has 0 aliphatic carbocycles. The summed E-state index contributed by atoms with van der Waals surface area (Å²) in [4.78, 5) is 7.75. The fourth-order valence-electron chi connectivity index (χ4n) is 0. The van der Waals surface area contributed by atoms with E-state index >= 15 is 0 Å². The maximum absolute atomic E-state index is 7.75. The van der Waals surface area contributed by atoms with Gasteiger partial charge >= 0.3 is 0 Å². The molecule has 0 aliphatic heterocycles. The molecule has 0 aromatic rings.